The monoisotopic (exact) mass is 143 g/mol. The van der Waals surface area contributed by atoms with E-state index in [-0.39, 0.29) is 0 Å². The molecule has 10 heavy (non-hydrogen) atoms. The van der Waals surface area contributed by atoms with Crippen LogP contribution in [-0.2, 0) is 0 Å². The Bertz CT molecular complexity index is 107. The van der Waals surface area contributed by atoms with E-state index >= 15 is 0 Å². The summed E-state index contributed by atoms with van der Waals surface area (Å²) in [5, 5.41) is 0. The minimum atomic E-state index is 0.633. The van der Waals surface area contributed by atoms with E-state index in [9.17, 15) is 0 Å². The highest BCUT2D eigenvalue weighted by atomic mass is 15.4. The smallest absolute Gasteiger partial charge is 0.107 e. The van der Waals surface area contributed by atoms with E-state index in [1.54, 1.807) is 0 Å². The van der Waals surface area contributed by atoms with E-state index < -0.39 is 0 Å². The maximum Gasteiger partial charge on any atom is 0.107 e. The van der Waals surface area contributed by atoms with Crippen molar-refractivity contribution in [2.75, 3.05) is 13.6 Å². The van der Waals surface area contributed by atoms with Crippen LogP contribution in [-0.4, -0.2) is 19.4 Å². The van der Waals surface area contributed by atoms with E-state index in [2.05, 4.69) is 29.7 Å². The van der Waals surface area contributed by atoms with E-state index in [4.69, 9.17) is 0 Å². The van der Waals surface area contributed by atoms with Gasteiger partial charge >= 0.3 is 0 Å². The topological polar surface area (TPSA) is 36.4 Å². The van der Waals surface area contributed by atoms with Gasteiger partial charge in [0.1, 0.15) is 5.84 Å². The zero-order chi connectivity index (χ0) is 7.98. The van der Waals surface area contributed by atoms with Crippen LogP contribution in [0.4, 0.5) is 0 Å². The standard InChI is InChI=1S/C7H17N3/c1-6(2)5-9-7(3)10-8-4/h6,8H,5H2,1-4H3,(H,9,10). The summed E-state index contributed by atoms with van der Waals surface area (Å²) in [5.74, 6) is 1.57. The van der Waals surface area contributed by atoms with Gasteiger partial charge in [-0.3, -0.25) is 4.99 Å². The summed E-state index contributed by atoms with van der Waals surface area (Å²) >= 11 is 0. The Labute approximate surface area is 62.9 Å². The minimum absolute atomic E-state index is 0.633. The van der Waals surface area contributed by atoms with Gasteiger partial charge in [-0.05, 0) is 12.8 Å². The summed E-state index contributed by atoms with van der Waals surface area (Å²) in [6.45, 7) is 7.13. The van der Waals surface area contributed by atoms with Crippen LogP contribution in [0.25, 0.3) is 0 Å². The Morgan fingerprint density at radius 3 is 2.50 bits per heavy atom. The fourth-order valence-corrected chi connectivity index (χ4v) is 0.540. The second-order valence-corrected chi connectivity index (χ2v) is 2.69. The molecule has 0 aliphatic rings. The van der Waals surface area contributed by atoms with Crippen LogP contribution in [0.15, 0.2) is 4.99 Å². The summed E-state index contributed by atoms with van der Waals surface area (Å²) in [6, 6.07) is 0. The van der Waals surface area contributed by atoms with Crippen LogP contribution in [0.2, 0.25) is 0 Å². The van der Waals surface area contributed by atoms with E-state index in [1.807, 2.05) is 14.0 Å². The molecule has 0 rings (SSSR count). The third-order valence-electron chi connectivity index (χ3n) is 1.000. The van der Waals surface area contributed by atoms with Gasteiger partial charge < -0.3 is 5.43 Å². The number of rotatable bonds is 3. The first kappa shape index (κ1) is 9.43. The molecule has 0 aliphatic heterocycles. The molecule has 3 heteroatoms. The molecule has 0 saturated carbocycles. The second kappa shape index (κ2) is 5.23. The lowest BCUT2D eigenvalue weighted by Crippen LogP contribution is -2.32. The minimum Gasteiger partial charge on any atom is -0.310 e. The van der Waals surface area contributed by atoms with Crippen molar-refractivity contribution in [3.05, 3.63) is 0 Å². The second-order valence-electron chi connectivity index (χ2n) is 2.69. The van der Waals surface area contributed by atoms with Gasteiger partial charge in [0.25, 0.3) is 0 Å². The van der Waals surface area contributed by atoms with Crippen LogP contribution < -0.4 is 10.9 Å². The van der Waals surface area contributed by atoms with Crippen molar-refractivity contribution in [1.29, 1.82) is 0 Å². The fraction of sp³-hybridized carbons (Fsp3) is 0.857. The quantitative estimate of drug-likeness (QED) is 0.348. The SMILES string of the molecule is CNNC(C)=NCC(C)C. The van der Waals surface area contributed by atoms with Crippen LogP contribution in [0.3, 0.4) is 0 Å². The summed E-state index contributed by atoms with van der Waals surface area (Å²) in [4.78, 5) is 4.26. The molecule has 0 aromatic carbocycles. The number of aliphatic imine (C=N–C) groups is 1. The molecule has 0 saturated heterocycles. The molecular formula is C7H17N3. The molecular weight excluding hydrogens is 126 g/mol. The molecule has 0 bridgehead atoms. The lowest BCUT2D eigenvalue weighted by molar-refractivity contribution is 0.657. The third-order valence-corrected chi connectivity index (χ3v) is 1.000. The van der Waals surface area contributed by atoms with Gasteiger partial charge in [-0.2, -0.15) is 0 Å². The van der Waals surface area contributed by atoms with Gasteiger partial charge in [0.05, 0.1) is 0 Å². The Morgan fingerprint density at radius 2 is 2.10 bits per heavy atom. The van der Waals surface area contributed by atoms with Crippen molar-refractivity contribution >= 4 is 5.84 Å². The maximum absolute atomic E-state index is 4.26. The third kappa shape index (κ3) is 5.56. The molecule has 0 aromatic rings. The number of amidine groups is 1. The highest BCUT2D eigenvalue weighted by Gasteiger charge is 1.90. The predicted molar refractivity (Wildman–Crippen MR) is 45.0 cm³/mol. The van der Waals surface area contributed by atoms with Gasteiger partial charge in [0.15, 0.2) is 0 Å². The van der Waals surface area contributed by atoms with Crippen molar-refractivity contribution < 1.29 is 0 Å². The summed E-state index contributed by atoms with van der Waals surface area (Å²) in [7, 11) is 1.83. The Hall–Kier alpha value is -0.570. The van der Waals surface area contributed by atoms with Crippen LogP contribution in [0.5, 0.6) is 0 Å². The summed E-state index contributed by atoms with van der Waals surface area (Å²) < 4.78 is 0. The number of nitrogens with one attached hydrogen (secondary N) is 2. The normalized spacial score (nSPS) is 12.3. The van der Waals surface area contributed by atoms with E-state index in [1.165, 1.54) is 0 Å². The lowest BCUT2D eigenvalue weighted by atomic mass is 10.2. The molecule has 0 spiro atoms. The summed E-state index contributed by atoms with van der Waals surface area (Å²) in [6.07, 6.45) is 0. The molecule has 0 heterocycles. The van der Waals surface area contributed by atoms with Gasteiger partial charge in [0, 0.05) is 13.6 Å². The van der Waals surface area contributed by atoms with E-state index in [0.717, 1.165) is 12.4 Å². The van der Waals surface area contributed by atoms with Crippen molar-refractivity contribution in [3.8, 4) is 0 Å². The zero-order valence-electron chi connectivity index (χ0n) is 7.23. The molecule has 0 unspecified atom stereocenters. The maximum atomic E-state index is 4.26. The molecule has 0 radical (unpaired) electrons. The number of hydrazine groups is 1. The number of nitrogens with zero attached hydrogens (tertiary/aromatic N) is 1. The fourth-order valence-electron chi connectivity index (χ4n) is 0.540. The Balaban J connectivity index is 3.47. The van der Waals surface area contributed by atoms with Crippen molar-refractivity contribution in [3.63, 3.8) is 0 Å². The number of hydrogen-bond donors (Lipinski definition) is 2. The molecule has 3 nitrogen and oxygen atoms in total. The van der Waals surface area contributed by atoms with Crippen LogP contribution >= 0.6 is 0 Å². The highest BCUT2D eigenvalue weighted by Crippen LogP contribution is 1.90. The average Bonchev–Trinajstić information content (AvgIpc) is 1.85. The largest absolute Gasteiger partial charge is 0.310 e. The van der Waals surface area contributed by atoms with Crippen LogP contribution in [0, 0.1) is 5.92 Å². The first-order valence-electron chi connectivity index (χ1n) is 3.60. The highest BCUT2D eigenvalue weighted by molar-refractivity contribution is 5.78. The first-order valence-corrected chi connectivity index (χ1v) is 3.60. The van der Waals surface area contributed by atoms with Crippen molar-refractivity contribution in [2.24, 2.45) is 10.9 Å². The van der Waals surface area contributed by atoms with E-state index in [0.29, 0.717) is 5.92 Å². The molecule has 0 amide bonds. The van der Waals surface area contributed by atoms with Gasteiger partial charge in [-0.15, -0.1) is 0 Å². The van der Waals surface area contributed by atoms with Gasteiger partial charge in [0.2, 0.25) is 0 Å². The van der Waals surface area contributed by atoms with Gasteiger partial charge in [-0.1, -0.05) is 13.8 Å². The molecule has 0 aromatic heterocycles. The molecule has 2 N–H and O–H groups in total. The van der Waals surface area contributed by atoms with Crippen LogP contribution in [0.1, 0.15) is 20.8 Å². The predicted octanol–water partition coefficient (Wildman–Crippen LogP) is 0.785. The Kier molecular flexibility index (Phi) is 4.94. The molecule has 0 fully saturated rings. The van der Waals surface area contributed by atoms with Crippen molar-refractivity contribution in [1.82, 2.24) is 10.9 Å². The van der Waals surface area contributed by atoms with Crippen molar-refractivity contribution in [2.45, 2.75) is 20.8 Å². The average molecular weight is 143 g/mol. The summed E-state index contributed by atoms with van der Waals surface area (Å²) in [5.41, 5.74) is 5.71. The lowest BCUT2D eigenvalue weighted by Gasteiger charge is -2.03. The Morgan fingerprint density at radius 1 is 1.50 bits per heavy atom. The number of hydrogen-bond acceptors (Lipinski definition) is 2. The zero-order valence-corrected chi connectivity index (χ0v) is 7.23. The van der Waals surface area contributed by atoms with Gasteiger partial charge in [-0.25, -0.2) is 5.43 Å². The molecule has 0 atom stereocenters. The molecule has 0 aliphatic carbocycles. The first-order chi connectivity index (χ1) is 4.66. The molecule has 60 valence electrons.